The van der Waals surface area contributed by atoms with Crippen LogP contribution in [-0.4, -0.2) is 11.2 Å². The summed E-state index contributed by atoms with van der Waals surface area (Å²) in [7, 11) is 0. The van der Waals surface area contributed by atoms with E-state index >= 15 is 0 Å². The highest BCUT2D eigenvalue weighted by molar-refractivity contribution is 6.36. The summed E-state index contributed by atoms with van der Waals surface area (Å²) < 4.78 is 0. The number of benzene rings is 1. The van der Waals surface area contributed by atoms with Gasteiger partial charge in [0.1, 0.15) is 0 Å². The maximum Gasteiger partial charge on any atom is 0.166 e. The lowest BCUT2D eigenvalue weighted by Gasteiger charge is -2.12. The number of alkyl halides is 1. The summed E-state index contributed by atoms with van der Waals surface area (Å²) in [6.07, 6.45) is 2.43. The first-order valence-corrected chi connectivity index (χ1v) is 6.86. The minimum absolute atomic E-state index is 0.0912. The topological polar surface area (TPSA) is 17.1 Å². The van der Waals surface area contributed by atoms with Gasteiger partial charge in [-0.2, -0.15) is 0 Å². The molecule has 1 atom stereocenters. The van der Waals surface area contributed by atoms with E-state index in [1.165, 1.54) is 0 Å². The number of halogens is 3. The Morgan fingerprint density at radius 3 is 2.50 bits per heavy atom. The maximum absolute atomic E-state index is 12.2. The molecule has 96 valence electrons. The lowest BCUT2D eigenvalue weighted by atomic mass is 9.90. The van der Waals surface area contributed by atoms with Gasteiger partial charge in [-0.3, -0.25) is 4.79 Å². The lowest BCUT2D eigenvalue weighted by molar-refractivity contribution is -0.121. The van der Waals surface area contributed by atoms with Gasteiger partial charge in [-0.15, -0.1) is 11.6 Å². The highest BCUT2D eigenvalue weighted by Gasteiger charge is 2.42. The Balaban J connectivity index is 2.42. The Bertz CT molecular complexity index is 532. The van der Waals surface area contributed by atoms with E-state index < -0.39 is 5.41 Å². The Morgan fingerprint density at radius 2 is 2.00 bits per heavy atom. The van der Waals surface area contributed by atoms with Crippen molar-refractivity contribution in [2.24, 2.45) is 5.41 Å². The predicted molar refractivity (Wildman–Crippen MR) is 77.5 cm³/mol. The van der Waals surface area contributed by atoms with E-state index in [9.17, 15) is 4.79 Å². The normalized spacial score (nSPS) is 24.8. The van der Waals surface area contributed by atoms with Gasteiger partial charge in [-0.25, -0.2) is 0 Å². The average molecular weight is 304 g/mol. The Morgan fingerprint density at radius 1 is 1.33 bits per heavy atom. The number of carbonyl (C=O) groups excluding carboxylic acids is 1. The molecule has 0 bridgehead atoms. The van der Waals surface area contributed by atoms with E-state index in [0.29, 0.717) is 22.0 Å². The minimum Gasteiger partial charge on any atom is -0.294 e. The molecular formula is C14H13Cl3O. The number of rotatable bonds is 1. The second-order valence-corrected chi connectivity index (χ2v) is 6.52. The Hall–Kier alpha value is -0.500. The van der Waals surface area contributed by atoms with Crippen molar-refractivity contribution in [3.63, 3.8) is 0 Å². The summed E-state index contributed by atoms with van der Waals surface area (Å²) >= 11 is 18.2. The van der Waals surface area contributed by atoms with Crippen LogP contribution in [0.4, 0.5) is 0 Å². The van der Waals surface area contributed by atoms with E-state index in [-0.39, 0.29) is 11.2 Å². The lowest BCUT2D eigenvalue weighted by Crippen LogP contribution is -2.17. The van der Waals surface area contributed by atoms with Crippen LogP contribution in [0.25, 0.3) is 6.08 Å². The molecule has 1 nitrogen and oxygen atoms in total. The second kappa shape index (κ2) is 4.88. The number of Topliss-reactive ketones (excluding diaryl/α,β-unsaturated/α-hetero) is 1. The van der Waals surface area contributed by atoms with Gasteiger partial charge < -0.3 is 0 Å². The Kier molecular flexibility index (Phi) is 3.77. The molecule has 1 aliphatic carbocycles. The summed E-state index contributed by atoms with van der Waals surface area (Å²) in [6.45, 7) is 3.82. The third kappa shape index (κ3) is 2.59. The molecule has 0 aromatic heterocycles. The van der Waals surface area contributed by atoms with E-state index in [1.54, 1.807) is 24.3 Å². The number of carbonyl (C=O) groups is 1. The molecule has 4 heteroatoms. The Labute approximate surface area is 122 Å². The first-order chi connectivity index (χ1) is 8.31. The van der Waals surface area contributed by atoms with Crippen LogP contribution in [0, 0.1) is 5.41 Å². The molecule has 1 aromatic rings. The zero-order valence-corrected chi connectivity index (χ0v) is 12.4. The van der Waals surface area contributed by atoms with Crippen molar-refractivity contribution < 1.29 is 4.79 Å². The van der Waals surface area contributed by atoms with Gasteiger partial charge >= 0.3 is 0 Å². The predicted octanol–water partition coefficient (Wildman–Crippen LogP) is 4.98. The van der Waals surface area contributed by atoms with Crippen LogP contribution in [0.3, 0.4) is 0 Å². The van der Waals surface area contributed by atoms with Crippen LogP contribution in [0.2, 0.25) is 10.0 Å². The first-order valence-electron chi connectivity index (χ1n) is 5.67. The molecular weight excluding hydrogens is 291 g/mol. The highest BCUT2D eigenvalue weighted by Crippen LogP contribution is 2.41. The SMILES string of the molecule is CC1(C)CC(Cl)C(=Cc2ccc(Cl)cc2Cl)C1=O. The van der Waals surface area contributed by atoms with Gasteiger partial charge in [0, 0.05) is 21.0 Å². The van der Waals surface area contributed by atoms with E-state index in [4.69, 9.17) is 34.8 Å². The number of hydrogen-bond donors (Lipinski definition) is 0. The van der Waals surface area contributed by atoms with Crippen molar-refractivity contribution in [1.29, 1.82) is 0 Å². The van der Waals surface area contributed by atoms with Gasteiger partial charge in [0.2, 0.25) is 0 Å². The molecule has 18 heavy (non-hydrogen) atoms. The molecule has 0 spiro atoms. The van der Waals surface area contributed by atoms with Crippen LogP contribution in [0.15, 0.2) is 23.8 Å². The molecule has 1 aliphatic rings. The van der Waals surface area contributed by atoms with Crippen LogP contribution >= 0.6 is 34.8 Å². The third-order valence-electron chi connectivity index (χ3n) is 3.18. The molecule has 0 amide bonds. The molecule has 1 unspecified atom stereocenters. The van der Waals surface area contributed by atoms with Crippen molar-refractivity contribution in [2.75, 3.05) is 0 Å². The fourth-order valence-electron chi connectivity index (χ4n) is 2.13. The summed E-state index contributed by atoms with van der Waals surface area (Å²) in [4.78, 5) is 12.2. The number of ketones is 1. The van der Waals surface area contributed by atoms with Crippen LogP contribution in [0.5, 0.6) is 0 Å². The maximum atomic E-state index is 12.2. The van der Waals surface area contributed by atoms with Gasteiger partial charge in [0.15, 0.2) is 5.78 Å². The largest absolute Gasteiger partial charge is 0.294 e. The summed E-state index contributed by atoms with van der Waals surface area (Å²) in [5.41, 5.74) is 1.01. The van der Waals surface area contributed by atoms with Crippen LogP contribution in [0.1, 0.15) is 25.8 Å². The molecule has 0 aliphatic heterocycles. The van der Waals surface area contributed by atoms with Gasteiger partial charge in [-0.1, -0.05) is 43.1 Å². The zero-order valence-electron chi connectivity index (χ0n) is 10.1. The van der Waals surface area contributed by atoms with E-state index in [0.717, 1.165) is 5.56 Å². The zero-order chi connectivity index (χ0) is 13.5. The second-order valence-electron chi connectivity index (χ2n) is 5.15. The van der Waals surface area contributed by atoms with Crippen molar-refractivity contribution in [3.8, 4) is 0 Å². The number of allylic oxidation sites excluding steroid dienone is 1. The molecule has 1 aromatic carbocycles. The first kappa shape index (κ1) is 13.9. The molecule has 1 saturated carbocycles. The molecule has 0 heterocycles. The molecule has 0 radical (unpaired) electrons. The summed E-state index contributed by atoms with van der Waals surface area (Å²) in [5, 5.41) is 0.846. The summed E-state index contributed by atoms with van der Waals surface area (Å²) in [6, 6.07) is 5.19. The fourth-order valence-corrected chi connectivity index (χ4v) is 3.14. The standard InChI is InChI=1S/C14H13Cl3O/c1-14(2)7-12(17)10(13(14)18)5-8-3-4-9(15)6-11(8)16/h3-6,12H,7H2,1-2H3. The highest BCUT2D eigenvalue weighted by atomic mass is 35.5. The van der Waals surface area contributed by atoms with Gasteiger partial charge in [0.05, 0.1) is 5.38 Å². The summed E-state index contributed by atoms with van der Waals surface area (Å²) in [5.74, 6) is 0.0912. The molecule has 0 N–H and O–H groups in total. The van der Waals surface area contributed by atoms with Crippen molar-refractivity contribution >= 4 is 46.7 Å². The molecule has 0 saturated heterocycles. The third-order valence-corrected chi connectivity index (χ3v) is 4.13. The van der Waals surface area contributed by atoms with Crippen LogP contribution < -0.4 is 0 Å². The average Bonchev–Trinajstić information content (AvgIpc) is 2.44. The van der Waals surface area contributed by atoms with Crippen molar-refractivity contribution in [1.82, 2.24) is 0 Å². The smallest absolute Gasteiger partial charge is 0.166 e. The minimum atomic E-state index is -0.392. The quantitative estimate of drug-likeness (QED) is 0.528. The molecule has 1 fully saturated rings. The fraction of sp³-hybridized carbons (Fsp3) is 0.357. The number of hydrogen-bond acceptors (Lipinski definition) is 1. The van der Waals surface area contributed by atoms with Gasteiger partial charge in [0.25, 0.3) is 0 Å². The van der Waals surface area contributed by atoms with Crippen molar-refractivity contribution in [2.45, 2.75) is 25.6 Å². The van der Waals surface area contributed by atoms with Crippen LogP contribution in [-0.2, 0) is 4.79 Å². The van der Waals surface area contributed by atoms with E-state index in [2.05, 4.69) is 0 Å². The van der Waals surface area contributed by atoms with Crippen molar-refractivity contribution in [3.05, 3.63) is 39.4 Å². The monoisotopic (exact) mass is 302 g/mol. The van der Waals surface area contributed by atoms with Gasteiger partial charge in [-0.05, 0) is 30.2 Å². The van der Waals surface area contributed by atoms with E-state index in [1.807, 2.05) is 13.8 Å². The molecule has 2 rings (SSSR count).